The van der Waals surface area contributed by atoms with E-state index in [0.29, 0.717) is 0 Å². The van der Waals surface area contributed by atoms with Crippen LogP contribution in [0.2, 0.25) is 0 Å². The normalized spacial score (nSPS) is 10.4. The van der Waals surface area contributed by atoms with Crippen molar-refractivity contribution in [2.24, 2.45) is 0 Å². The summed E-state index contributed by atoms with van der Waals surface area (Å²) in [6, 6.07) is 27.3. The third-order valence-electron chi connectivity index (χ3n) is 4.20. The highest BCUT2D eigenvalue weighted by molar-refractivity contribution is 5.56. The number of benzene rings is 3. The van der Waals surface area contributed by atoms with Crippen molar-refractivity contribution in [1.29, 1.82) is 0 Å². The van der Waals surface area contributed by atoms with Gasteiger partial charge in [-0.3, -0.25) is 0 Å². The lowest BCUT2D eigenvalue weighted by molar-refractivity contribution is 0.312. The molecule has 25 heavy (non-hydrogen) atoms. The van der Waals surface area contributed by atoms with Crippen LogP contribution >= 0.6 is 0 Å². The molecule has 0 heterocycles. The maximum Gasteiger partial charge on any atom is 0.142 e. The number of anilines is 1. The number of hydrogen-bond donors (Lipinski definition) is 1. The summed E-state index contributed by atoms with van der Waals surface area (Å²) in [5.74, 6) is 0.919. The van der Waals surface area contributed by atoms with Crippen molar-refractivity contribution in [3.63, 3.8) is 0 Å². The fourth-order valence-corrected chi connectivity index (χ4v) is 2.74. The summed E-state index contributed by atoms with van der Waals surface area (Å²) >= 11 is 0. The molecule has 0 unspecified atom stereocenters. The summed E-state index contributed by atoms with van der Waals surface area (Å²) in [4.78, 5) is 0. The molecule has 0 spiro atoms. The number of hydrogen-bond acceptors (Lipinski definition) is 2. The van der Waals surface area contributed by atoms with Gasteiger partial charge in [-0.05, 0) is 43.0 Å². The van der Waals surface area contributed by atoms with Crippen LogP contribution in [0.4, 0.5) is 5.69 Å². The predicted octanol–water partition coefficient (Wildman–Crippen LogP) is 5.62. The maximum absolute atomic E-state index is 6.00. The predicted molar refractivity (Wildman–Crippen MR) is 105 cm³/mol. The van der Waals surface area contributed by atoms with Gasteiger partial charge < -0.3 is 10.1 Å². The zero-order valence-corrected chi connectivity index (χ0v) is 14.7. The minimum Gasteiger partial charge on any atom is -0.491 e. The fraction of sp³-hybridized carbons (Fsp3) is 0.217. The van der Waals surface area contributed by atoms with Gasteiger partial charge in [0.2, 0.25) is 0 Å². The lowest BCUT2D eigenvalue weighted by atomic mass is 10.1. The molecule has 0 saturated carbocycles. The number of rotatable bonds is 8. The van der Waals surface area contributed by atoms with Gasteiger partial charge in [0.15, 0.2) is 0 Å². The number of aryl methyl sites for hydroxylation is 2. The quantitative estimate of drug-likeness (QED) is 0.541. The molecule has 0 fully saturated rings. The monoisotopic (exact) mass is 331 g/mol. The third kappa shape index (κ3) is 5.39. The molecule has 0 atom stereocenters. The Morgan fingerprint density at radius 2 is 1.48 bits per heavy atom. The first-order chi connectivity index (χ1) is 12.3. The SMILES string of the molecule is Cc1ccc(CNc2ccccc2OCCCc2ccccc2)cc1. The second-order valence-corrected chi connectivity index (χ2v) is 6.27. The Balaban J connectivity index is 1.51. The minimum absolute atomic E-state index is 0.720. The van der Waals surface area contributed by atoms with Gasteiger partial charge in [0, 0.05) is 6.54 Å². The molecule has 3 rings (SSSR count). The van der Waals surface area contributed by atoms with Crippen molar-refractivity contribution in [3.05, 3.63) is 95.6 Å². The van der Waals surface area contributed by atoms with E-state index in [-0.39, 0.29) is 0 Å². The second-order valence-electron chi connectivity index (χ2n) is 6.27. The van der Waals surface area contributed by atoms with E-state index in [1.807, 2.05) is 18.2 Å². The summed E-state index contributed by atoms with van der Waals surface area (Å²) in [7, 11) is 0. The molecule has 3 aromatic rings. The van der Waals surface area contributed by atoms with Gasteiger partial charge in [-0.2, -0.15) is 0 Å². The highest BCUT2D eigenvalue weighted by Crippen LogP contribution is 2.24. The Labute approximate surface area is 150 Å². The van der Waals surface area contributed by atoms with Gasteiger partial charge in [0.25, 0.3) is 0 Å². The van der Waals surface area contributed by atoms with Gasteiger partial charge in [-0.25, -0.2) is 0 Å². The molecule has 0 saturated heterocycles. The van der Waals surface area contributed by atoms with Crippen molar-refractivity contribution in [2.45, 2.75) is 26.3 Å². The van der Waals surface area contributed by atoms with Crippen molar-refractivity contribution in [1.82, 2.24) is 0 Å². The molecule has 1 N–H and O–H groups in total. The van der Waals surface area contributed by atoms with Crippen LogP contribution < -0.4 is 10.1 Å². The van der Waals surface area contributed by atoms with Crippen LogP contribution in [0.25, 0.3) is 0 Å². The highest BCUT2D eigenvalue weighted by atomic mass is 16.5. The first-order valence-corrected chi connectivity index (χ1v) is 8.86. The first-order valence-electron chi connectivity index (χ1n) is 8.86. The summed E-state index contributed by atoms with van der Waals surface area (Å²) in [6.07, 6.45) is 2.05. The molecule has 0 aliphatic carbocycles. The Morgan fingerprint density at radius 3 is 2.28 bits per heavy atom. The molecule has 0 radical (unpaired) electrons. The van der Waals surface area contributed by atoms with Crippen molar-refractivity contribution >= 4 is 5.69 Å². The van der Waals surface area contributed by atoms with Gasteiger partial charge >= 0.3 is 0 Å². The summed E-state index contributed by atoms with van der Waals surface area (Å²) in [5.41, 5.74) is 4.95. The smallest absolute Gasteiger partial charge is 0.142 e. The van der Waals surface area contributed by atoms with E-state index in [2.05, 4.69) is 72.9 Å². The number of ether oxygens (including phenoxy) is 1. The molecular formula is C23H25NO. The van der Waals surface area contributed by atoms with Gasteiger partial charge in [0.05, 0.1) is 12.3 Å². The summed E-state index contributed by atoms with van der Waals surface area (Å²) < 4.78 is 6.00. The maximum atomic E-state index is 6.00. The van der Waals surface area contributed by atoms with Crippen molar-refractivity contribution in [2.75, 3.05) is 11.9 Å². The molecule has 3 aromatic carbocycles. The van der Waals surface area contributed by atoms with E-state index >= 15 is 0 Å². The van der Waals surface area contributed by atoms with Crippen LogP contribution in [0.15, 0.2) is 78.9 Å². The van der Waals surface area contributed by atoms with Crippen LogP contribution in [-0.2, 0) is 13.0 Å². The third-order valence-corrected chi connectivity index (χ3v) is 4.20. The number of para-hydroxylation sites is 2. The van der Waals surface area contributed by atoms with E-state index < -0.39 is 0 Å². The number of nitrogens with one attached hydrogen (secondary N) is 1. The van der Waals surface area contributed by atoms with E-state index in [1.165, 1.54) is 16.7 Å². The fourth-order valence-electron chi connectivity index (χ4n) is 2.74. The van der Waals surface area contributed by atoms with E-state index in [0.717, 1.165) is 37.4 Å². The molecular weight excluding hydrogens is 306 g/mol. The molecule has 2 nitrogen and oxygen atoms in total. The summed E-state index contributed by atoms with van der Waals surface area (Å²) in [5, 5.41) is 3.48. The van der Waals surface area contributed by atoms with Gasteiger partial charge in [0.1, 0.15) is 5.75 Å². The molecule has 0 amide bonds. The standard InChI is InChI=1S/C23H25NO/c1-19-13-15-21(16-14-19)18-24-22-11-5-6-12-23(22)25-17-7-10-20-8-3-2-4-9-20/h2-6,8-9,11-16,24H,7,10,17-18H2,1H3. The van der Waals surface area contributed by atoms with Crippen molar-refractivity contribution < 1.29 is 4.74 Å². The van der Waals surface area contributed by atoms with Crippen molar-refractivity contribution in [3.8, 4) is 5.75 Å². The summed E-state index contributed by atoms with van der Waals surface area (Å²) in [6.45, 7) is 3.62. The average molecular weight is 331 g/mol. The molecule has 2 heteroatoms. The van der Waals surface area contributed by atoms with Crippen LogP contribution in [0.5, 0.6) is 5.75 Å². The lowest BCUT2D eigenvalue weighted by Gasteiger charge is -2.13. The lowest BCUT2D eigenvalue weighted by Crippen LogP contribution is -2.04. The van der Waals surface area contributed by atoms with Gasteiger partial charge in [-0.15, -0.1) is 0 Å². The second kappa shape index (κ2) is 8.93. The Bertz CT molecular complexity index is 766. The topological polar surface area (TPSA) is 21.3 Å². The van der Waals surface area contributed by atoms with E-state index in [1.54, 1.807) is 0 Å². The Kier molecular flexibility index (Phi) is 6.11. The molecule has 0 aromatic heterocycles. The molecule has 0 aliphatic heterocycles. The molecule has 128 valence electrons. The Morgan fingerprint density at radius 1 is 0.760 bits per heavy atom. The molecule has 0 aliphatic rings. The van der Waals surface area contributed by atoms with E-state index in [9.17, 15) is 0 Å². The highest BCUT2D eigenvalue weighted by Gasteiger charge is 2.03. The van der Waals surface area contributed by atoms with E-state index in [4.69, 9.17) is 4.74 Å². The largest absolute Gasteiger partial charge is 0.491 e. The van der Waals surface area contributed by atoms with Crippen LogP contribution in [0.3, 0.4) is 0 Å². The first kappa shape index (κ1) is 17.1. The minimum atomic E-state index is 0.720. The van der Waals surface area contributed by atoms with Crippen LogP contribution in [-0.4, -0.2) is 6.61 Å². The van der Waals surface area contributed by atoms with Gasteiger partial charge in [-0.1, -0.05) is 72.3 Å². The Hall–Kier alpha value is -2.74. The zero-order valence-electron chi connectivity index (χ0n) is 14.7. The zero-order chi connectivity index (χ0) is 17.3. The van der Waals surface area contributed by atoms with Crippen LogP contribution in [0.1, 0.15) is 23.1 Å². The molecule has 0 bridgehead atoms. The van der Waals surface area contributed by atoms with Crippen LogP contribution in [0, 0.1) is 6.92 Å². The average Bonchev–Trinajstić information content (AvgIpc) is 2.66.